The molecule has 1 heterocycles. The molecule has 0 aliphatic carbocycles. The SMILES string of the molecule is Cc1ccc(CN(C)C(=O)Cn2nnn(-c3ccccc3)c2=O)c(C)c1. The van der Waals surface area contributed by atoms with Gasteiger partial charge in [-0.3, -0.25) is 4.79 Å². The van der Waals surface area contributed by atoms with Crippen LogP contribution in [0.3, 0.4) is 0 Å². The van der Waals surface area contributed by atoms with Crippen LogP contribution in [0.25, 0.3) is 5.69 Å². The second kappa shape index (κ2) is 7.35. The van der Waals surface area contributed by atoms with Gasteiger partial charge in [-0.05, 0) is 47.5 Å². The lowest BCUT2D eigenvalue weighted by atomic mass is 10.1. The minimum absolute atomic E-state index is 0.146. The second-order valence-corrected chi connectivity index (χ2v) is 6.35. The number of hydrogen-bond donors (Lipinski definition) is 0. The lowest BCUT2D eigenvalue weighted by molar-refractivity contribution is -0.131. The van der Waals surface area contributed by atoms with E-state index in [1.165, 1.54) is 10.2 Å². The molecule has 0 aliphatic rings. The molecular formula is C19H21N5O2. The molecule has 7 heteroatoms. The van der Waals surface area contributed by atoms with E-state index in [0.29, 0.717) is 12.2 Å². The number of carbonyl (C=O) groups is 1. The Hall–Kier alpha value is -3.22. The molecule has 0 aliphatic heterocycles. The van der Waals surface area contributed by atoms with Crippen molar-refractivity contribution in [1.29, 1.82) is 0 Å². The zero-order chi connectivity index (χ0) is 18.7. The summed E-state index contributed by atoms with van der Waals surface area (Å²) in [6.07, 6.45) is 0. The molecule has 3 aromatic rings. The van der Waals surface area contributed by atoms with E-state index in [1.807, 2.05) is 44.2 Å². The van der Waals surface area contributed by atoms with Crippen LogP contribution in [0.1, 0.15) is 16.7 Å². The van der Waals surface area contributed by atoms with Gasteiger partial charge in [0.1, 0.15) is 6.54 Å². The van der Waals surface area contributed by atoms with Crippen LogP contribution >= 0.6 is 0 Å². The fourth-order valence-electron chi connectivity index (χ4n) is 2.72. The molecular weight excluding hydrogens is 330 g/mol. The number of likely N-dealkylation sites (N-methyl/N-ethyl adjacent to an activating group) is 1. The van der Waals surface area contributed by atoms with Crippen molar-refractivity contribution in [2.24, 2.45) is 0 Å². The highest BCUT2D eigenvalue weighted by molar-refractivity contribution is 5.75. The Morgan fingerprint density at radius 2 is 1.81 bits per heavy atom. The van der Waals surface area contributed by atoms with E-state index < -0.39 is 5.69 Å². The topological polar surface area (TPSA) is 73.0 Å². The molecule has 0 saturated carbocycles. The summed E-state index contributed by atoms with van der Waals surface area (Å²) in [4.78, 5) is 26.5. The van der Waals surface area contributed by atoms with Crippen molar-refractivity contribution in [3.8, 4) is 5.69 Å². The van der Waals surface area contributed by atoms with Gasteiger partial charge in [-0.25, -0.2) is 4.79 Å². The Balaban J connectivity index is 1.72. The summed E-state index contributed by atoms with van der Waals surface area (Å²) in [5.74, 6) is -0.202. The van der Waals surface area contributed by atoms with Gasteiger partial charge in [0.2, 0.25) is 5.91 Å². The molecule has 0 fully saturated rings. The standard InChI is InChI=1S/C19H21N5O2/c1-14-9-10-16(15(2)11-14)12-22(3)18(25)13-23-19(26)24(21-20-23)17-7-5-4-6-8-17/h4-11H,12-13H2,1-3H3. The summed E-state index contributed by atoms with van der Waals surface area (Å²) in [6, 6.07) is 15.1. The first-order valence-corrected chi connectivity index (χ1v) is 8.34. The number of tetrazole rings is 1. The smallest absolute Gasteiger partial charge is 0.340 e. The van der Waals surface area contributed by atoms with Crippen LogP contribution in [-0.4, -0.2) is 37.6 Å². The molecule has 0 N–H and O–H groups in total. The highest BCUT2D eigenvalue weighted by atomic mass is 16.2. The van der Waals surface area contributed by atoms with Crippen LogP contribution in [0.4, 0.5) is 0 Å². The number of rotatable bonds is 5. The number of hydrogen-bond acceptors (Lipinski definition) is 4. The maximum Gasteiger partial charge on any atom is 0.368 e. The Kier molecular flexibility index (Phi) is 4.97. The van der Waals surface area contributed by atoms with Gasteiger partial charge in [0.25, 0.3) is 0 Å². The molecule has 0 radical (unpaired) electrons. The molecule has 7 nitrogen and oxygen atoms in total. The van der Waals surface area contributed by atoms with Crippen molar-refractivity contribution in [1.82, 2.24) is 24.7 Å². The number of nitrogens with zero attached hydrogens (tertiary/aromatic N) is 5. The van der Waals surface area contributed by atoms with E-state index in [9.17, 15) is 9.59 Å². The average Bonchev–Trinajstić information content (AvgIpc) is 2.98. The molecule has 0 spiro atoms. The largest absolute Gasteiger partial charge is 0.368 e. The normalized spacial score (nSPS) is 10.7. The summed E-state index contributed by atoms with van der Waals surface area (Å²) < 4.78 is 2.26. The molecule has 26 heavy (non-hydrogen) atoms. The molecule has 3 rings (SSSR count). The summed E-state index contributed by atoms with van der Waals surface area (Å²) in [5, 5.41) is 7.67. The molecule has 0 unspecified atom stereocenters. The molecule has 1 aromatic heterocycles. The fraction of sp³-hybridized carbons (Fsp3) is 0.263. The van der Waals surface area contributed by atoms with Crippen LogP contribution in [0.2, 0.25) is 0 Å². The zero-order valence-corrected chi connectivity index (χ0v) is 15.1. The first kappa shape index (κ1) is 17.6. The van der Waals surface area contributed by atoms with Gasteiger partial charge in [0.15, 0.2) is 0 Å². The Morgan fingerprint density at radius 3 is 2.50 bits per heavy atom. The van der Waals surface area contributed by atoms with Crippen LogP contribution in [-0.2, 0) is 17.9 Å². The van der Waals surface area contributed by atoms with Crippen molar-refractivity contribution in [3.63, 3.8) is 0 Å². The van der Waals surface area contributed by atoms with Crippen LogP contribution in [0.5, 0.6) is 0 Å². The quantitative estimate of drug-likeness (QED) is 0.701. The van der Waals surface area contributed by atoms with E-state index in [1.54, 1.807) is 24.1 Å². The van der Waals surface area contributed by atoms with Gasteiger partial charge in [0.05, 0.1) is 5.69 Å². The van der Waals surface area contributed by atoms with Crippen LogP contribution in [0, 0.1) is 13.8 Å². The third-order valence-corrected chi connectivity index (χ3v) is 4.26. The van der Waals surface area contributed by atoms with Gasteiger partial charge in [0, 0.05) is 13.6 Å². The van der Waals surface area contributed by atoms with Crippen molar-refractivity contribution in [3.05, 3.63) is 75.7 Å². The number of amides is 1. The molecule has 1 amide bonds. The van der Waals surface area contributed by atoms with Gasteiger partial charge < -0.3 is 4.90 Å². The van der Waals surface area contributed by atoms with Gasteiger partial charge in [-0.15, -0.1) is 0 Å². The van der Waals surface area contributed by atoms with Gasteiger partial charge in [-0.1, -0.05) is 42.0 Å². The van der Waals surface area contributed by atoms with Crippen molar-refractivity contribution in [2.45, 2.75) is 26.9 Å². The highest BCUT2D eigenvalue weighted by Gasteiger charge is 2.16. The third kappa shape index (κ3) is 3.72. The molecule has 2 aromatic carbocycles. The van der Waals surface area contributed by atoms with Gasteiger partial charge in [-0.2, -0.15) is 9.36 Å². The van der Waals surface area contributed by atoms with Gasteiger partial charge >= 0.3 is 5.69 Å². The van der Waals surface area contributed by atoms with E-state index in [2.05, 4.69) is 16.5 Å². The number of para-hydroxylation sites is 1. The number of aryl methyl sites for hydroxylation is 2. The van der Waals surface area contributed by atoms with Crippen LogP contribution in [0.15, 0.2) is 53.3 Å². The molecule has 0 bridgehead atoms. The fourth-order valence-corrected chi connectivity index (χ4v) is 2.72. The Labute approximate surface area is 151 Å². The first-order chi connectivity index (χ1) is 12.5. The minimum Gasteiger partial charge on any atom is -0.340 e. The second-order valence-electron chi connectivity index (χ2n) is 6.35. The highest BCUT2D eigenvalue weighted by Crippen LogP contribution is 2.12. The van der Waals surface area contributed by atoms with E-state index in [-0.39, 0.29) is 12.5 Å². The number of aromatic nitrogens is 4. The minimum atomic E-state index is -0.440. The summed E-state index contributed by atoms with van der Waals surface area (Å²) in [6.45, 7) is 4.39. The van der Waals surface area contributed by atoms with Crippen molar-refractivity contribution < 1.29 is 4.79 Å². The van der Waals surface area contributed by atoms with Crippen LogP contribution < -0.4 is 5.69 Å². The molecule has 0 saturated heterocycles. The molecule has 0 atom stereocenters. The summed E-state index contributed by atoms with van der Waals surface area (Å²) >= 11 is 0. The lowest BCUT2D eigenvalue weighted by Gasteiger charge is -2.18. The Morgan fingerprint density at radius 1 is 1.08 bits per heavy atom. The van der Waals surface area contributed by atoms with E-state index in [4.69, 9.17) is 0 Å². The molecule has 134 valence electrons. The van der Waals surface area contributed by atoms with Crippen molar-refractivity contribution in [2.75, 3.05) is 7.05 Å². The maximum atomic E-state index is 12.5. The number of carbonyl (C=O) groups excluding carboxylic acids is 1. The van der Waals surface area contributed by atoms with E-state index in [0.717, 1.165) is 15.8 Å². The Bertz CT molecular complexity index is 975. The lowest BCUT2D eigenvalue weighted by Crippen LogP contribution is -2.34. The summed E-state index contributed by atoms with van der Waals surface area (Å²) in [5.41, 5.74) is 3.57. The third-order valence-electron chi connectivity index (χ3n) is 4.26. The predicted molar refractivity (Wildman–Crippen MR) is 98.0 cm³/mol. The maximum absolute atomic E-state index is 12.5. The summed E-state index contributed by atoms with van der Waals surface area (Å²) in [7, 11) is 1.72. The van der Waals surface area contributed by atoms with Crippen molar-refractivity contribution >= 4 is 5.91 Å². The van der Waals surface area contributed by atoms with E-state index >= 15 is 0 Å². The monoisotopic (exact) mass is 351 g/mol. The average molecular weight is 351 g/mol. The zero-order valence-electron chi connectivity index (χ0n) is 15.1. The first-order valence-electron chi connectivity index (χ1n) is 8.34. The predicted octanol–water partition coefficient (Wildman–Crippen LogP) is 1.70. The number of benzene rings is 2.